The summed E-state index contributed by atoms with van der Waals surface area (Å²) in [6, 6.07) is 52.5. The zero-order valence-electron chi connectivity index (χ0n) is 84.4. The Labute approximate surface area is 817 Å². The van der Waals surface area contributed by atoms with Crippen LogP contribution in [0.3, 0.4) is 0 Å². The van der Waals surface area contributed by atoms with Gasteiger partial charge in [-0.15, -0.1) is 0 Å². The zero-order valence-corrected chi connectivity index (χ0v) is 84.4. The van der Waals surface area contributed by atoms with Crippen molar-refractivity contribution >= 4 is 53.6 Å². The average molecular weight is 1850 g/mol. The molecular weight excluding hydrogens is 1680 g/mol. The van der Waals surface area contributed by atoms with E-state index >= 15 is 0 Å². The van der Waals surface area contributed by atoms with Gasteiger partial charge in [-0.05, 0) is 238 Å². The Morgan fingerprint density at radius 3 is 0.489 bits per heavy atom. The molecule has 0 bridgehead atoms. The largest absolute Gasteiger partial charge is 0.494 e. The van der Waals surface area contributed by atoms with Crippen molar-refractivity contribution in [1.82, 2.24) is 0 Å². The van der Waals surface area contributed by atoms with Crippen molar-refractivity contribution in [3.8, 4) is 34.5 Å². The molecule has 15 nitrogen and oxygen atoms in total. The lowest BCUT2D eigenvalue weighted by Gasteiger charge is -2.11. The predicted molar refractivity (Wildman–Crippen MR) is 565 cm³/mol. The summed E-state index contributed by atoms with van der Waals surface area (Å²) in [7, 11) is 0. The number of esters is 3. The maximum absolute atomic E-state index is 13.7. The Morgan fingerprint density at radius 2 is 0.326 bits per heavy atom. The topological polar surface area (TPSA) is 171 Å². The van der Waals surface area contributed by atoms with Crippen LogP contribution < -0.4 is 28.4 Å². The Morgan fingerprint density at radius 1 is 0.185 bits per heavy atom. The SMILES string of the molecule is CCCCCCCCCCCCCCCCOc1ccc(C=Nc2ccc(OCCCCCCCCOC(=O)c3cc(C(=O)OCCCCCCCCOc4ccc(N=Cc5ccc(OCCCCCCCCCCCCCCCC)cc5)cc4)cc(C(=O)OCCCCCCCCOc4ccc(N=Cc5ccc(OCCCCCCCCCCCCCCCC)cc5)cc4)c3)cc2)cc1. The molecule has 0 saturated heterocycles. The second kappa shape index (κ2) is 78.8. The molecule has 0 spiro atoms. The van der Waals surface area contributed by atoms with Gasteiger partial charge in [0.25, 0.3) is 0 Å². The van der Waals surface area contributed by atoms with E-state index in [9.17, 15) is 14.4 Å². The summed E-state index contributed by atoms with van der Waals surface area (Å²) >= 11 is 0. The smallest absolute Gasteiger partial charge is 0.338 e. The van der Waals surface area contributed by atoms with Gasteiger partial charge >= 0.3 is 17.9 Å². The molecule has 0 atom stereocenters. The van der Waals surface area contributed by atoms with Crippen molar-refractivity contribution in [2.24, 2.45) is 15.0 Å². The summed E-state index contributed by atoms with van der Waals surface area (Å²) in [5.41, 5.74) is 5.96. The van der Waals surface area contributed by atoms with Crippen molar-refractivity contribution in [3.05, 3.63) is 197 Å². The van der Waals surface area contributed by atoms with Crippen LogP contribution in [0.4, 0.5) is 17.1 Å². The molecule has 0 fully saturated rings. The summed E-state index contributed by atoms with van der Waals surface area (Å²) in [6.07, 6.45) is 78.9. The van der Waals surface area contributed by atoms with Crippen LogP contribution in [0.1, 0.15) is 454 Å². The first-order valence-corrected chi connectivity index (χ1v) is 54.4. The molecular formula is C120H177N3O12. The number of carbonyl (C=O) groups excluding carboxylic acids is 3. The minimum absolute atomic E-state index is 0.105. The maximum atomic E-state index is 13.7. The molecule has 0 N–H and O–H groups in total. The molecule has 0 aromatic heterocycles. The van der Waals surface area contributed by atoms with E-state index in [1.54, 1.807) is 0 Å². The van der Waals surface area contributed by atoms with Gasteiger partial charge in [0.05, 0.1) is 93.2 Å². The molecule has 0 saturated carbocycles. The second-order valence-electron chi connectivity index (χ2n) is 37.4. The fourth-order valence-electron chi connectivity index (χ4n) is 16.8. The predicted octanol–water partition coefficient (Wildman–Crippen LogP) is 35.2. The third kappa shape index (κ3) is 58.2. The highest BCUT2D eigenvalue weighted by Crippen LogP contribution is 2.27. The molecule has 0 amide bonds. The Kier molecular flexibility index (Phi) is 65.8. The fourth-order valence-corrected chi connectivity index (χ4v) is 16.8. The van der Waals surface area contributed by atoms with E-state index in [0.29, 0.717) is 39.1 Å². The first kappa shape index (κ1) is 113. The molecule has 135 heavy (non-hydrogen) atoms. The van der Waals surface area contributed by atoms with Crippen LogP contribution >= 0.6 is 0 Å². The second-order valence-corrected chi connectivity index (χ2v) is 37.4. The van der Waals surface area contributed by atoms with Gasteiger partial charge in [0.1, 0.15) is 34.5 Å². The highest BCUT2D eigenvalue weighted by molar-refractivity contribution is 6.00. The molecule has 0 unspecified atom stereocenters. The monoisotopic (exact) mass is 1850 g/mol. The molecule has 0 heterocycles. The Bertz CT molecular complexity index is 3690. The number of aliphatic imine (C=N–C) groups is 3. The van der Waals surface area contributed by atoms with Crippen molar-refractivity contribution in [2.75, 3.05) is 59.5 Å². The lowest BCUT2D eigenvalue weighted by Crippen LogP contribution is -2.14. The van der Waals surface area contributed by atoms with Crippen LogP contribution in [-0.4, -0.2) is 96.0 Å². The molecule has 0 aliphatic rings. The average Bonchev–Trinajstić information content (AvgIpc) is 0.823. The van der Waals surface area contributed by atoms with Crippen molar-refractivity contribution in [1.29, 1.82) is 0 Å². The minimum atomic E-state index is -0.605. The van der Waals surface area contributed by atoms with Gasteiger partial charge in [0.15, 0.2) is 0 Å². The lowest BCUT2D eigenvalue weighted by molar-refractivity contribution is 0.0494. The van der Waals surface area contributed by atoms with Crippen LogP contribution in [0.25, 0.3) is 0 Å². The van der Waals surface area contributed by atoms with Gasteiger partial charge < -0.3 is 42.6 Å². The normalized spacial score (nSPS) is 11.5. The molecule has 7 aromatic rings. The Balaban J connectivity index is 0.734. The Hall–Kier alpha value is -9.24. The van der Waals surface area contributed by atoms with Gasteiger partial charge in [0.2, 0.25) is 0 Å². The first-order chi connectivity index (χ1) is 66.7. The summed E-state index contributed by atoms with van der Waals surface area (Å²) in [5, 5.41) is 0. The highest BCUT2D eigenvalue weighted by Gasteiger charge is 2.20. The molecule has 0 radical (unpaired) electrons. The number of rotatable bonds is 87. The number of unbranched alkanes of at least 4 members (excludes halogenated alkanes) is 54. The molecule has 0 aliphatic heterocycles. The standard InChI is InChI=1S/C120H177N3O12/c1-4-7-10-13-16-19-22-25-28-31-34-37-46-55-88-127-112-76-64-103(65-77-112)100-121-109-70-82-115(83-71-109)130-91-58-49-40-43-52-61-94-133-118(124)106-97-107(119(125)134-95-62-53-44-41-50-59-92-131-116-84-72-110(73-85-116)122-101-104-66-78-113(79-67-104)128-89-56-47-38-35-32-29-26-23-20-17-14-11-8-5-2)99-108(98-106)120(126)135-96-63-54-45-42-51-60-93-132-117-86-74-111(75-87-117)123-102-105-68-80-114(81-69-105)129-90-57-48-39-36-33-30-27-24-21-18-15-12-9-6-3/h64-87,97-102H,4-63,88-96H2,1-3H3. The maximum Gasteiger partial charge on any atom is 0.338 e. The van der Waals surface area contributed by atoms with E-state index in [1.807, 2.05) is 164 Å². The summed E-state index contributed by atoms with van der Waals surface area (Å²) in [5.74, 6) is 3.34. The van der Waals surface area contributed by atoms with E-state index in [0.717, 1.165) is 204 Å². The summed E-state index contributed by atoms with van der Waals surface area (Å²) in [4.78, 5) is 55.1. The zero-order chi connectivity index (χ0) is 94.9. The molecule has 7 rings (SSSR count). The van der Waals surface area contributed by atoms with Crippen molar-refractivity contribution in [2.45, 2.75) is 406 Å². The minimum Gasteiger partial charge on any atom is -0.494 e. The van der Waals surface area contributed by atoms with Crippen LogP contribution in [0, 0.1) is 0 Å². The molecule has 15 heteroatoms. The quantitative estimate of drug-likeness (QED) is 0.0153. The van der Waals surface area contributed by atoms with Crippen LogP contribution in [0.15, 0.2) is 179 Å². The molecule has 0 aliphatic carbocycles. The van der Waals surface area contributed by atoms with Crippen LogP contribution in [0.2, 0.25) is 0 Å². The van der Waals surface area contributed by atoms with E-state index in [-0.39, 0.29) is 36.5 Å². The molecule has 744 valence electrons. The number of benzene rings is 7. The fraction of sp³-hybridized carbons (Fsp3) is 0.600. The molecule has 7 aromatic carbocycles. The van der Waals surface area contributed by atoms with Gasteiger partial charge in [0, 0.05) is 18.6 Å². The third-order valence-corrected chi connectivity index (χ3v) is 25.3. The van der Waals surface area contributed by atoms with E-state index < -0.39 is 17.9 Å². The number of carbonyl (C=O) groups is 3. The summed E-state index contributed by atoms with van der Waals surface area (Å²) in [6.45, 7) is 11.6. The summed E-state index contributed by atoms with van der Waals surface area (Å²) < 4.78 is 53.6. The van der Waals surface area contributed by atoms with E-state index in [1.165, 1.54) is 269 Å². The lowest BCUT2D eigenvalue weighted by atomic mass is 10.0. The first-order valence-electron chi connectivity index (χ1n) is 54.4. The third-order valence-electron chi connectivity index (χ3n) is 25.3. The van der Waals surface area contributed by atoms with Crippen LogP contribution in [-0.2, 0) is 14.2 Å². The number of nitrogens with zero attached hydrogens (tertiary/aromatic N) is 3. The number of ether oxygens (including phenoxy) is 9. The van der Waals surface area contributed by atoms with Gasteiger partial charge in [-0.2, -0.15) is 0 Å². The number of hydrogen-bond donors (Lipinski definition) is 0. The van der Waals surface area contributed by atoms with Gasteiger partial charge in [-0.25, -0.2) is 14.4 Å². The van der Waals surface area contributed by atoms with Crippen LogP contribution in [0.5, 0.6) is 34.5 Å². The van der Waals surface area contributed by atoms with Gasteiger partial charge in [-0.3, -0.25) is 15.0 Å². The van der Waals surface area contributed by atoms with Crippen molar-refractivity contribution < 1.29 is 57.0 Å². The van der Waals surface area contributed by atoms with Crippen molar-refractivity contribution in [3.63, 3.8) is 0 Å². The highest BCUT2D eigenvalue weighted by atomic mass is 16.5. The van der Waals surface area contributed by atoms with Gasteiger partial charge in [-0.1, -0.05) is 348 Å². The van der Waals surface area contributed by atoms with E-state index in [2.05, 4.69) is 35.7 Å². The van der Waals surface area contributed by atoms with E-state index in [4.69, 9.17) is 42.6 Å². The number of hydrogen-bond acceptors (Lipinski definition) is 15.